The Hall–Kier alpha value is -2.60. The average molecular weight is 721 g/mol. The summed E-state index contributed by atoms with van der Waals surface area (Å²) in [5.74, 6) is -0.695. The smallest absolute Gasteiger partial charge is 0.261 e. The van der Waals surface area contributed by atoms with Gasteiger partial charge in [0.1, 0.15) is 11.9 Å². The standard InChI is InChI=1S/C42H60O8Si/c1-31-38(19-13-14-28-47-29-32-20-22-33(45-5)23-21-32)50-42(46-6,40(44)39(31)43)27-26-34-24-25-35(49-34)30-48-51(41(2,3)4,36-15-9-7-10-16-36)37-17-11-8-12-18-37/h7-12,15-18,20-23,31,34-35,38-40,43-44H,13-14,19,24-30H2,1-6H3/t31-,34+,35+,38-,39+,40-,42+/m0/s1. The van der Waals surface area contributed by atoms with Crippen LogP contribution in [0.3, 0.4) is 0 Å². The van der Waals surface area contributed by atoms with E-state index in [2.05, 4.69) is 81.4 Å². The van der Waals surface area contributed by atoms with E-state index in [-0.39, 0.29) is 29.3 Å². The van der Waals surface area contributed by atoms with Crippen molar-refractivity contribution in [1.82, 2.24) is 0 Å². The molecular weight excluding hydrogens is 661 g/mol. The first-order valence-corrected chi connectivity index (χ1v) is 20.6. The number of rotatable bonds is 17. The number of unbranched alkanes of at least 4 members (excludes halogenated alkanes) is 1. The van der Waals surface area contributed by atoms with Crippen molar-refractivity contribution in [3.05, 3.63) is 90.5 Å². The van der Waals surface area contributed by atoms with Crippen molar-refractivity contribution in [3.63, 3.8) is 0 Å². The maximum Gasteiger partial charge on any atom is 0.261 e. The van der Waals surface area contributed by atoms with E-state index in [1.165, 1.54) is 10.4 Å². The molecule has 2 heterocycles. The van der Waals surface area contributed by atoms with Crippen LogP contribution in [-0.2, 0) is 30.0 Å². The molecule has 8 nitrogen and oxygen atoms in total. The van der Waals surface area contributed by atoms with Gasteiger partial charge in [-0.15, -0.1) is 0 Å². The number of aliphatic hydroxyl groups excluding tert-OH is 2. The van der Waals surface area contributed by atoms with Crippen molar-refractivity contribution < 1.29 is 38.3 Å². The van der Waals surface area contributed by atoms with Crippen LogP contribution in [0.15, 0.2) is 84.9 Å². The molecule has 0 amide bonds. The molecule has 2 saturated heterocycles. The Labute approximate surface area is 306 Å². The number of ether oxygens (including phenoxy) is 5. The summed E-state index contributed by atoms with van der Waals surface area (Å²) in [4.78, 5) is 0. The molecule has 0 radical (unpaired) electrons. The third kappa shape index (κ3) is 9.32. The fraction of sp³-hybridized carbons (Fsp3) is 0.571. The first-order valence-electron chi connectivity index (χ1n) is 18.7. The van der Waals surface area contributed by atoms with Gasteiger partial charge in [-0.1, -0.05) is 100 Å². The first kappa shape index (κ1) is 39.6. The maximum atomic E-state index is 11.3. The molecule has 5 rings (SSSR count). The number of hydrogen-bond acceptors (Lipinski definition) is 8. The summed E-state index contributed by atoms with van der Waals surface area (Å²) in [5, 5.41) is 24.8. The Morgan fingerprint density at radius 3 is 2.04 bits per heavy atom. The lowest BCUT2D eigenvalue weighted by molar-refractivity contribution is -0.349. The van der Waals surface area contributed by atoms with Crippen LogP contribution < -0.4 is 15.1 Å². The zero-order valence-corrected chi connectivity index (χ0v) is 32.5. The van der Waals surface area contributed by atoms with Gasteiger partial charge in [0.05, 0.1) is 44.7 Å². The van der Waals surface area contributed by atoms with E-state index in [1.807, 2.05) is 31.2 Å². The predicted octanol–water partition coefficient (Wildman–Crippen LogP) is 6.39. The third-order valence-corrected chi connectivity index (χ3v) is 16.0. The number of hydrogen-bond donors (Lipinski definition) is 2. The Morgan fingerprint density at radius 2 is 1.45 bits per heavy atom. The summed E-state index contributed by atoms with van der Waals surface area (Å²) in [5.41, 5.74) is 1.10. The summed E-state index contributed by atoms with van der Waals surface area (Å²) >= 11 is 0. The highest BCUT2D eigenvalue weighted by molar-refractivity contribution is 6.99. The van der Waals surface area contributed by atoms with Crippen molar-refractivity contribution in [2.45, 2.75) is 121 Å². The van der Waals surface area contributed by atoms with Crippen LogP contribution in [-0.4, -0.2) is 82.3 Å². The van der Waals surface area contributed by atoms with Gasteiger partial charge in [-0.3, -0.25) is 0 Å². The fourth-order valence-corrected chi connectivity index (χ4v) is 12.5. The molecule has 3 aromatic rings. The van der Waals surface area contributed by atoms with Crippen molar-refractivity contribution in [2.24, 2.45) is 5.92 Å². The van der Waals surface area contributed by atoms with Gasteiger partial charge in [0.15, 0.2) is 5.79 Å². The molecule has 280 valence electrons. The molecule has 7 atom stereocenters. The van der Waals surface area contributed by atoms with Gasteiger partial charge >= 0.3 is 0 Å². The Kier molecular flexibility index (Phi) is 13.9. The zero-order valence-electron chi connectivity index (χ0n) is 31.5. The summed E-state index contributed by atoms with van der Waals surface area (Å²) in [6.07, 6.45) is 2.94. The summed E-state index contributed by atoms with van der Waals surface area (Å²) in [6.45, 7) is 10.5. The molecular formula is C42H60O8Si. The van der Waals surface area contributed by atoms with Crippen molar-refractivity contribution in [2.75, 3.05) is 27.4 Å². The Morgan fingerprint density at radius 1 is 0.824 bits per heavy atom. The van der Waals surface area contributed by atoms with Crippen molar-refractivity contribution in [3.8, 4) is 5.75 Å². The van der Waals surface area contributed by atoms with Crippen LogP contribution in [0.1, 0.15) is 78.2 Å². The van der Waals surface area contributed by atoms with E-state index < -0.39 is 26.3 Å². The first-order chi connectivity index (χ1) is 24.5. The van der Waals surface area contributed by atoms with Crippen LogP contribution in [0.5, 0.6) is 5.75 Å². The average Bonchev–Trinajstić information content (AvgIpc) is 3.61. The van der Waals surface area contributed by atoms with E-state index in [4.69, 9.17) is 28.1 Å². The molecule has 9 heteroatoms. The van der Waals surface area contributed by atoms with Gasteiger partial charge in [-0.05, 0) is 71.6 Å². The highest BCUT2D eigenvalue weighted by atomic mass is 28.4. The lowest BCUT2D eigenvalue weighted by Gasteiger charge is -2.49. The zero-order chi connectivity index (χ0) is 36.5. The molecule has 0 spiro atoms. The molecule has 2 N–H and O–H groups in total. The minimum absolute atomic E-state index is 0.0154. The molecule has 2 fully saturated rings. The second kappa shape index (κ2) is 17.9. The molecule has 0 bridgehead atoms. The molecule has 3 aromatic carbocycles. The molecule has 0 unspecified atom stereocenters. The largest absolute Gasteiger partial charge is 0.497 e. The van der Waals surface area contributed by atoms with Gasteiger partial charge < -0.3 is 38.3 Å². The Bertz CT molecular complexity index is 1410. The van der Waals surface area contributed by atoms with Gasteiger partial charge in [0.2, 0.25) is 0 Å². The monoisotopic (exact) mass is 720 g/mol. The lowest BCUT2D eigenvalue weighted by Crippen LogP contribution is -2.67. The van der Waals surface area contributed by atoms with Crippen LogP contribution in [0.25, 0.3) is 0 Å². The van der Waals surface area contributed by atoms with E-state index >= 15 is 0 Å². The van der Waals surface area contributed by atoms with E-state index in [0.717, 1.165) is 43.4 Å². The third-order valence-electron chi connectivity index (χ3n) is 11.0. The van der Waals surface area contributed by atoms with E-state index in [0.29, 0.717) is 32.7 Å². The normalized spacial score (nSPS) is 27.1. The second-order valence-corrected chi connectivity index (χ2v) is 19.6. The minimum atomic E-state index is -2.66. The highest BCUT2D eigenvalue weighted by Crippen LogP contribution is 2.41. The topological polar surface area (TPSA) is 95.8 Å². The van der Waals surface area contributed by atoms with Crippen LogP contribution in [0.2, 0.25) is 5.04 Å². The Balaban J connectivity index is 1.14. The fourth-order valence-electron chi connectivity index (χ4n) is 7.92. The lowest BCUT2D eigenvalue weighted by atomic mass is 9.82. The van der Waals surface area contributed by atoms with Crippen LogP contribution in [0, 0.1) is 5.92 Å². The van der Waals surface area contributed by atoms with Crippen LogP contribution >= 0.6 is 0 Å². The second-order valence-electron chi connectivity index (χ2n) is 15.3. The highest BCUT2D eigenvalue weighted by Gasteiger charge is 2.53. The number of aliphatic hydroxyl groups is 2. The van der Waals surface area contributed by atoms with E-state index in [9.17, 15) is 10.2 Å². The number of benzene rings is 3. The van der Waals surface area contributed by atoms with E-state index in [1.54, 1.807) is 14.2 Å². The van der Waals surface area contributed by atoms with Gasteiger partial charge in [-0.25, -0.2) is 0 Å². The van der Waals surface area contributed by atoms with Gasteiger partial charge in [0.25, 0.3) is 8.32 Å². The maximum absolute atomic E-state index is 11.3. The van der Waals surface area contributed by atoms with Crippen LogP contribution in [0.4, 0.5) is 0 Å². The molecule has 0 saturated carbocycles. The summed E-state index contributed by atoms with van der Waals surface area (Å²) in [7, 11) is 0.557. The number of methoxy groups -OCH3 is 2. The summed E-state index contributed by atoms with van der Waals surface area (Å²) in [6, 6.07) is 29.3. The molecule has 51 heavy (non-hydrogen) atoms. The summed E-state index contributed by atoms with van der Waals surface area (Å²) < 4.78 is 37.4. The molecule has 0 aromatic heterocycles. The predicted molar refractivity (Wildman–Crippen MR) is 203 cm³/mol. The minimum Gasteiger partial charge on any atom is -0.497 e. The van der Waals surface area contributed by atoms with Crippen molar-refractivity contribution >= 4 is 18.7 Å². The van der Waals surface area contributed by atoms with Crippen molar-refractivity contribution in [1.29, 1.82) is 0 Å². The van der Waals surface area contributed by atoms with Gasteiger partial charge in [-0.2, -0.15) is 0 Å². The quantitative estimate of drug-likeness (QED) is 0.123. The van der Waals surface area contributed by atoms with Gasteiger partial charge in [0, 0.05) is 26.1 Å². The molecule has 2 aliphatic rings. The molecule has 0 aliphatic carbocycles. The molecule has 2 aliphatic heterocycles. The SMILES string of the molecule is COc1ccc(COCCCC[C@@H]2O[C@@](CC[C@H]3CC[C@H](CO[Si](c4ccccc4)(c4ccccc4)C(C)(C)C)O3)(OC)[C@@H](O)[C@H](O)[C@H]2C)cc1.